The van der Waals surface area contributed by atoms with E-state index in [0.29, 0.717) is 17.9 Å². The van der Waals surface area contributed by atoms with Gasteiger partial charge < -0.3 is 11.1 Å². The Hall–Kier alpha value is -1.27. The number of nitrogens with zero attached hydrogens (tertiary/aromatic N) is 2. The van der Waals surface area contributed by atoms with Gasteiger partial charge in [-0.25, -0.2) is 4.98 Å². The number of nitrogens with one attached hydrogen (secondary N) is 1. The fourth-order valence-electron chi connectivity index (χ4n) is 1.84. The predicted molar refractivity (Wildman–Crippen MR) is 74.7 cm³/mol. The summed E-state index contributed by atoms with van der Waals surface area (Å²) in [4.78, 5) is 18.1. The molecular formula is C12H18N4OS. The van der Waals surface area contributed by atoms with E-state index in [1.54, 1.807) is 18.3 Å². The summed E-state index contributed by atoms with van der Waals surface area (Å²) in [6.45, 7) is 3.81. The van der Waals surface area contributed by atoms with Gasteiger partial charge in [-0.15, -0.1) is 0 Å². The molecule has 1 amide bonds. The second kappa shape index (κ2) is 6.61. The van der Waals surface area contributed by atoms with Crippen molar-refractivity contribution in [3.63, 3.8) is 0 Å². The molecule has 0 spiro atoms. The molecule has 1 aromatic heterocycles. The number of thioether (sulfide) groups is 1. The molecule has 1 aliphatic heterocycles. The third kappa shape index (κ3) is 3.89. The lowest BCUT2D eigenvalue weighted by Gasteiger charge is -2.25. The van der Waals surface area contributed by atoms with Crippen LogP contribution in [-0.4, -0.2) is 53.5 Å². The lowest BCUT2D eigenvalue weighted by Crippen LogP contribution is -2.39. The number of carbonyl (C=O) groups is 1. The van der Waals surface area contributed by atoms with Crippen LogP contribution in [0.1, 0.15) is 10.4 Å². The molecular weight excluding hydrogens is 248 g/mol. The number of rotatable bonds is 4. The molecule has 0 radical (unpaired) electrons. The third-order valence-electron chi connectivity index (χ3n) is 2.86. The minimum atomic E-state index is -0.0875. The van der Waals surface area contributed by atoms with Crippen LogP contribution in [0, 0.1) is 0 Å². The summed E-state index contributed by atoms with van der Waals surface area (Å²) < 4.78 is 0. The molecule has 3 N–H and O–H groups in total. The van der Waals surface area contributed by atoms with Crippen molar-refractivity contribution < 1.29 is 4.79 Å². The van der Waals surface area contributed by atoms with Crippen molar-refractivity contribution in [2.75, 3.05) is 43.4 Å². The summed E-state index contributed by atoms with van der Waals surface area (Å²) in [7, 11) is 0. The smallest absolute Gasteiger partial charge is 0.251 e. The van der Waals surface area contributed by atoms with Crippen molar-refractivity contribution in [3.8, 4) is 0 Å². The summed E-state index contributed by atoms with van der Waals surface area (Å²) in [5.41, 5.74) is 6.11. The number of amides is 1. The van der Waals surface area contributed by atoms with Crippen molar-refractivity contribution >= 4 is 23.5 Å². The van der Waals surface area contributed by atoms with E-state index >= 15 is 0 Å². The molecule has 0 bridgehead atoms. The van der Waals surface area contributed by atoms with Crippen LogP contribution in [0.25, 0.3) is 0 Å². The number of nitrogen functional groups attached to an aromatic ring is 1. The van der Waals surface area contributed by atoms with E-state index in [9.17, 15) is 4.79 Å². The van der Waals surface area contributed by atoms with Crippen molar-refractivity contribution in [1.82, 2.24) is 15.2 Å². The van der Waals surface area contributed by atoms with Gasteiger partial charge in [0.05, 0.1) is 0 Å². The van der Waals surface area contributed by atoms with E-state index < -0.39 is 0 Å². The number of hydrogen-bond donors (Lipinski definition) is 2. The summed E-state index contributed by atoms with van der Waals surface area (Å²) in [6.07, 6.45) is 1.55. The first-order valence-corrected chi connectivity index (χ1v) is 7.21. The van der Waals surface area contributed by atoms with E-state index in [2.05, 4.69) is 15.2 Å². The Morgan fingerprint density at radius 2 is 2.28 bits per heavy atom. The molecule has 6 heteroatoms. The van der Waals surface area contributed by atoms with Crippen LogP contribution < -0.4 is 11.1 Å². The number of pyridine rings is 1. The van der Waals surface area contributed by atoms with Crippen LogP contribution in [-0.2, 0) is 0 Å². The molecule has 0 unspecified atom stereocenters. The monoisotopic (exact) mass is 266 g/mol. The van der Waals surface area contributed by atoms with E-state index in [-0.39, 0.29) is 5.91 Å². The average Bonchev–Trinajstić information content (AvgIpc) is 2.40. The molecule has 2 rings (SSSR count). The third-order valence-corrected chi connectivity index (χ3v) is 3.80. The molecule has 0 aliphatic carbocycles. The van der Waals surface area contributed by atoms with Crippen molar-refractivity contribution in [1.29, 1.82) is 0 Å². The van der Waals surface area contributed by atoms with Crippen LogP contribution in [0.15, 0.2) is 18.3 Å². The minimum Gasteiger partial charge on any atom is -0.384 e. The van der Waals surface area contributed by atoms with E-state index in [4.69, 9.17) is 5.73 Å². The highest BCUT2D eigenvalue weighted by atomic mass is 32.2. The number of nitrogens with two attached hydrogens (primary N) is 1. The van der Waals surface area contributed by atoms with E-state index in [1.165, 1.54) is 11.5 Å². The zero-order chi connectivity index (χ0) is 12.8. The van der Waals surface area contributed by atoms with Crippen LogP contribution in [0.4, 0.5) is 5.82 Å². The highest BCUT2D eigenvalue weighted by molar-refractivity contribution is 7.99. The maximum absolute atomic E-state index is 11.8. The van der Waals surface area contributed by atoms with Gasteiger partial charge in [0.15, 0.2) is 0 Å². The second-order valence-corrected chi connectivity index (χ2v) is 5.40. The molecule has 5 nitrogen and oxygen atoms in total. The maximum Gasteiger partial charge on any atom is 0.251 e. The lowest BCUT2D eigenvalue weighted by molar-refractivity contribution is 0.0949. The van der Waals surface area contributed by atoms with E-state index in [0.717, 1.165) is 19.6 Å². The number of anilines is 1. The molecule has 1 aromatic rings. The van der Waals surface area contributed by atoms with Gasteiger partial charge in [-0.05, 0) is 12.1 Å². The molecule has 0 aromatic carbocycles. The summed E-state index contributed by atoms with van der Waals surface area (Å²) in [6, 6.07) is 3.26. The zero-order valence-electron chi connectivity index (χ0n) is 10.3. The normalized spacial score (nSPS) is 16.4. The Bertz CT molecular complexity index is 407. The highest BCUT2D eigenvalue weighted by Crippen LogP contribution is 2.08. The summed E-state index contributed by atoms with van der Waals surface area (Å²) in [5.74, 6) is 2.66. The lowest BCUT2D eigenvalue weighted by atomic mass is 10.2. The quantitative estimate of drug-likeness (QED) is 0.827. The molecule has 0 saturated carbocycles. The van der Waals surface area contributed by atoms with Gasteiger partial charge in [0, 0.05) is 49.4 Å². The van der Waals surface area contributed by atoms with Gasteiger partial charge in [0.1, 0.15) is 5.82 Å². The standard InChI is InChI=1S/C12H18N4OS/c13-11-9-10(1-2-14-11)12(17)15-3-4-16-5-7-18-8-6-16/h1-2,9H,3-8H2,(H2,13,14)(H,15,17). The molecule has 18 heavy (non-hydrogen) atoms. The molecule has 1 saturated heterocycles. The Kier molecular flexibility index (Phi) is 4.83. The molecule has 2 heterocycles. The van der Waals surface area contributed by atoms with Crippen LogP contribution in [0.2, 0.25) is 0 Å². The summed E-state index contributed by atoms with van der Waals surface area (Å²) >= 11 is 1.99. The molecule has 0 atom stereocenters. The molecule has 1 fully saturated rings. The predicted octanol–water partition coefficient (Wildman–Crippen LogP) is 0.442. The average molecular weight is 266 g/mol. The zero-order valence-corrected chi connectivity index (χ0v) is 11.1. The van der Waals surface area contributed by atoms with Gasteiger partial charge in [-0.3, -0.25) is 9.69 Å². The number of hydrogen-bond acceptors (Lipinski definition) is 5. The fraction of sp³-hybridized carbons (Fsp3) is 0.500. The first-order valence-electron chi connectivity index (χ1n) is 6.05. The van der Waals surface area contributed by atoms with Crippen molar-refractivity contribution in [2.24, 2.45) is 0 Å². The Labute approximate surface area is 111 Å². The largest absolute Gasteiger partial charge is 0.384 e. The van der Waals surface area contributed by atoms with Gasteiger partial charge in [-0.1, -0.05) is 0 Å². The van der Waals surface area contributed by atoms with Crippen LogP contribution in [0.5, 0.6) is 0 Å². The topological polar surface area (TPSA) is 71.2 Å². The SMILES string of the molecule is Nc1cc(C(=O)NCCN2CCSCC2)ccn1. The van der Waals surface area contributed by atoms with Crippen molar-refractivity contribution in [2.45, 2.75) is 0 Å². The highest BCUT2D eigenvalue weighted by Gasteiger charge is 2.10. The van der Waals surface area contributed by atoms with Crippen LogP contribution in [0.3, 0.4) is 0 Å². The first kappa shape index (κ1) is 13.2. The number of carbonyl (C=O) groups excluding carboxylic acids is 1. The fourth-order valence-corrected chi connectivity index (χ4v) is 2.82. The van der Waals surface area contributed by atoms with Gasteiger partial charge in [0.25, 0.3) is 5.91 Å². The van der Waals surface area contributed by atoms with Crippen LogP contribution >= 0.6 is 11.8 Å². The molecule has 1 aliphatic rings. The van der Waals surface area contributed by atoms with Gasteiger partial charge in [-0.2, -0.15) is 11.8 Å². The second-order valence-electron chi connectivity index (χ2n) is 4.18. The Balaban J connectivity index is 1.74. The Morgan fingerprint density at radius 1 is 1.50 bits per heavy atom. The van der Waals surface area contributed by atoms with Gasteiger partial charge >= 0.3 is 0 Å². The first-order chi connectivity index (χ1) is 8.75. The maximum atomic E-state index is 11.8. The summed E-state index contributed by atoms with van der Waals surface area (Å²) in [5, 5.41) is 2.90. The van der Waals surface area contributed by atoms with Crippen molar-refractivity contribution in [3.05, 3.63) is 23.9 Å². The molecule has 98 valence electrons. The van der Waals surface area contributed by atoms with E-state index in [1.807, 2.05) is 11.8 Å². The minimum absolute atomic E-state index is 0.0875. The Morgan fingerprint density at radius 3 is 3.00 bits per heavy atom. The van der Waals surface area contributed by atoms with Gasteiger partial charge in [0.2, 0.25) is 0 Å². The number of aromatic nitrogens is 1.